The molecule has 218 valence electrons. The third-order valence-electron chi connectivity index (χ3n) is 7.14. The molecule has 41 heavy (non-hydrogen) atoms. The van der Waals surface area contributed by atoms with Crippen LogP contribution in [-0.4, -0.2) is 29.0 Å². The molecule has 8 heteroatoms. The third-order valence-corrected chi connectivity index (χ3v) is 7.45. The first-order valence-corrected chi connectivity index (χ1v) is 14.3. The highest BCUT2D eigenvalue weighted by Crippen LogP contribution is 2.29. The van der Waals surface area contributed by atoms with Crippen molar-refractivity contribution in [2.45, 2.75) is 65.5 Å². The highest BCUT2D eigenvalue weighted by molar-refractivity contribution is 6.33. The van der Waals surface area contributed by atoms with Gasteiger partial charge in [-0.2, -0.15) is 0 Å². The van der Waals surface area contributed by atoms with Crippen molar-refractivity contribution < 1.29 is 19.6 Å². The number of hydrogen-bond donors (Lipinski definition) is 4. The van der Waals surface area contributed by atoms with Crippen LogP contribution in [-0.2, 0) is 20.8 Å². The summed E-state index contributed by atoms with van der Waals surface area (Å²) >= 11 is 6.57. The van der Waals surface area contributed by atoms with E-state index in [4.69, 9.17) is 16.8 Å². The van der Waals surface area contributed by atoms with Gasteiger partial charge in [0.15, 0.2) is 0 Å². The topological polar surface area (TPSA) is 108 Å². The largest absolute Gasteiger partial charge is 0.348 e. The van der Waals surface area contributed by atoms with E-state index in [0.717, 1.165) is 22.3 Å². The minimum atomic E-state index is -0.829. The van der Waals surface area contributed by atoms with E-state index in [9.17, 15) is 14.4 Å². The van der Waals surface area contributed by atoms with Crippen LogP contribution in [0.3, 0.4) is 0 Å². The Hall–Kier alpha value is -3.68. The van der Waals surface area contributed by atoms with Crippen LogP contribution in [0.25, 0.3) is 11.1 Å². The van der Waals surface area contributed by atoms with Crippen LogP contribution < -0.4 is 16.1 Å². The Labute approximate surface area is 247 Å². The molecule has 0 heterocycles. The molecule has 4 N–H and O–H groups in total. The van der Waals surface area contributed by atoms with E-state index in [0.29, 0.717) is 24.3 Å². The maximum atomic E-state index is 13.4. The van der Waals surface area contributed by atoms with Gasteiger partial charge in [-0.05, 0) is 54.4 Å². The smallest absolute Gasteiger partial charge is 0.244 e. The average molecular weight is 578 g/mol. The monoisotopic (exact) mass is 577 g/mol. The van der Waals surface area contributed by atoms with Gasteiger partial charge in [-0.1, -0.05) is 105 Å². The number of halogens is 1. The zero-order valence-electron chi connectivity index (χ0n) is 24.1. The van der Waals surface area contributed by atoms with Gasteiger partial charge >= 0.3 is 0 Å². The lowest BCUT2D eigenvalue weighted by Gasteiger charge is -2.32. The number of aryl methyl sites for hydroxylation is 1. The van der Waals surface area contributed by atoms with E-state index in [-0.39, 0.29) is 18.4 Å². The number of hydrogen-bond acceptors (Lipinski definition) is 4. The number of amides is 3. The molecule has 3 atom stereocenters. The second-order valence-corrected chi connectivity index (χ2v) is 11.9. The molecule has 0 saturated heterocycles. The first kappa shape index (κ1) is 31.8. The Morgan fingerprint density at radius 2 is 1.51 bits per heavy atom. The van der Waals surface area contributed by atoms with E-state index >= 15 is 0 Å². The average Bonchev–Trinajstić information content (AvgIpc) is 2.95. The van der Waals surface area contributed by atoms with Crippen molar-refractivity contribution in [1.82, 2.24) is 16.1 Å². The van der Waals surface area contributed by atoms with Crippen LogP contribution in [0, 0.1) is 11.3 Å². The normalized spacial score (nSPS) is 13.5. The van der Waals surface area contributed by atoms with Gasteiger partial charge in [-0.25, -0.2) is 5.48 Å². The number of carbonyl (C=O) groups excluding carboxylic acids is 3. The summed E-state index contributed by atoms with van der Waals surface area (Å²) in [7, 11) is 0. The molecule has 0 radical (unpaired) electrons. The van der Waals surface area contributed by atoms with Crippen molar-refractivity contribution >= 4 is 29.3 Å². The summed E-state index contributed by atoms with van der Waals surface area (Å²) in [4.78, 5) is 38.8. The molecule has 0 aliphatic carbocycles. The third kappa shape index (κ3) is 9.44. The molecule has 0 saturated carbocycles. The van der Waals surface area contributed by atoms with Gasteiger partial charge in [-0.3, -0.25) is 19.6 Å². The minimum absolute atomic E-state index is 0.199. The van der Waals surface area contributed by atoms with Crippen molar-refractivity contribution in [3.8, 4) is 11.1 Å². The Morgan fingerprint density at radius 3 is 2.10 bits per heavy atom. The molecule has 3 rings (SSSR count). The molecule has 3 amide bonds. The molecule has 3 aromatic carbocycles. The maximum absolute atomic E-state index is 13.4. The van der Waals surface area contributed by atoms with Crippen molar-refractivity contribution in [3.05, 3.63) is 95.0 Å². The number of hydroxylamine groups is 1. The molecule has 0 aromatic heterocycles. The Bertz CT molecular complexity index is 1310. The molecule has 0 aliphatic rings. The van der Waals surface area contributed by atoms with Crippen LogP contribution in [0.1, 0.15) is 64.1 Å². The molecule has 3 aromatic rings. The molecular formula is C33H40ClN3O4. The second-order valence-electron chi connectivity index (χ2n) is 11.5. The van der Waals surface area contributed by atoms with Gasteiger partial charge in [0.2, 0.25) is 17.7 Å². The van der Waals surface area contributed by atoms with Crippen molar-refractivity contribution in [3.63, 3.8) is 0 Å². The summed E-state index contributed by atoms with van der Waals surface area (Å²) in [5.74, 6) is -2.10. The number of rotatable bonds is 12. The summed E-state index contributed by atoms with van der Waals surface area (Å²) < 4.78 is 0. The Balaban J connectivity index is 1.67. The fraction of sp³-hybridized carbons (Fsp3) is 0.364. The summed E-state index contributed by atoms with van der Waals surface area (Å²) in [5, 5.41) is 15.7. The molecule has 0 bridgehead atoms. The standard InChI is InChI=1S/C33H40ClN3O4/c1-22(24-13-7-5-8-14-24)35-32(40)30(33(2,3)4)36-31(39)26(21-29(38)37-41)17-11-12-23-18-19-27(28(34)20-23)25-15-9-6-10-16-25/h5-10,13-16,18-20,22,26,30,41H,11-12,17,21H2,1-4H3,(H,35,40)(H,36,39)(H,37,38). The Morgan fingerprint density at radius 1 is 0.878 bits per heavy atom. The number of benzene rings is 3. The van der Waals surface area contributed by atoms with Crippen molar-refractivity contribution in [1.29, 1.82) is 0 Å². The molecule has 0 fully saturated rings. The first-order valence-electron chi connectivity index (χ1n) is 13.9. The summed E-state index contributed by atoms with van der Waals surface area (Å²) in [6.45, 7) is 7.52. The molecule has 7 nitrogen and oxygen atoms in total. The minimum Gasteiger partial charge on any atom is -0.348 e. The highest BCUT2D eigenvalue weighted by atomic mass is 35.5. The van der Waals surface area contributed by atoms with Crippen molar-refractivity contribution in [2.75, 3.05) is 0 Å². The predicted octanol–water partition coefficient (Wildman–Crippen LogP) is 6.25. The molecular weight excluding hydrogens is 538 g/mol. The van der Waals surface area contributed by atoms with Crippen LogP contribution in [0.15, 0.2) is 78.9 Å². The van der Waals surface area contributed by atoms with Crippen LogP contribution >= 0.6 is 11.6 Å². The summed E-state index contributed by atoms with van der Waals surface area (Å²) in [5.41, 5.74) is 4.98. The lowest BCUT2D eigenvalue weighted by molar-refractivity contribution is -0.137. The van der Waals surface area contributed by atoms with E-state index in [1.165, 1.54) is 0 Å². The van der Waals surface area contributed by atoms with E-state index in [2.05, 4.69) is 10.6 Å². The molecule has 3 unspecified atom stereocenters. The lowest BCUT2D eigenvalue weighted by atomic mass is 9.85. The second kappa shape index (κ2) is 14.8. The zero-order chi connectivity index (χ0) is 30.0. The van der Waals surface area contributed by atoms with Gasteiger partial charge < -0.3 is 10.6 Å². The molecule has 0 spiro atoms. The molecule has 0 aliphatic heterocycles. The zero-order valence-corrected chi connectivity index (χ0v) is 24.9. The SMILES string of the molecule is CC(NC(=O)C(NC(=O)C(CCCc1ccc(-c2ccccc2)c(Cl)c1)CC(=O)NO)C(C)(C)C)c1ccccc1. The summed E-state index contributed by atoms with van der Waals surface area (Å²) in [6.07, 6.45) is 1.44. The van der Waals surface area contributed by atoms with Gasteiger partial charge in [0.25, 0.3) is 0 Å². The van der Waals surface area contributed by atoms with Gasteiger partial charge in [0.05, 0.1) is 6.04 Å². The summed E-state index contributed by atoms with van der Waals surface area (Å²) in [6, 6.07) is 24.3. The van der Waals surface area contributed by atoms with E-state index in [1.807, 2.05) is 107 Å². The lowest BCUT2D eigenvalue weighted by Crippen LogP contribution is -2.55. The fourth-order valence-corrected chi connectivity index (χ4v) is 5.08. The predicted molar refractivity (Wildman–Crippen MR) is 162 cm³/mol. The number of carbonyl (C=O) groups is 3. The number of nitrogens with one attached hydrogen (secondary N) is 3. The van der Waals surface area contributed by atoms with Gasteiger partial charge in [-0.15, -0.1) is 0 Å². The quantitative estimate of drug-likeness (QED) is 0.151. The Kier molecular flexibility index (Phi) is 11.5. The highest BCUT2D eigenvalue weighted by Gasteiger charge is 2.35. The van der Waals surface area contributed by atoms with Crippen LogP contribution in [0.5, 0.6) is 0 Å². The van der Waals surface area contributed by atoms with Gasteiger partial charge in [0.1, 0.15) is 6.04 Å². The van der Waals surface area contributed by atoms with E-state index in [1.54, 1.807) is 5.48 Å². The first-order chi connectivity index (χ1) is 19.5. The van der Waals surface area contributed by atoms with E-state index < -0.39 is 29.2 Å². The van der Waals surface area contributed by atoms with Gasteiger partial charge in [0, 0.05) is 22.9 Å². The fourth-order valence-electron chi connectivity index (χ4n) is 4.77. The maximum Gasteiger partial charge on any atom is 0.244 e. The van der Waals surface area contributed by atoms with Crippen molar-refractivity contribution in [2.24, 2.45) is 11.3 Å². The van der Waals surface area contributed by atoms with Crippen LogP contribution in [0.2, 0.25) is 5.02 Å². The van der Waals surface area contributed by atoms with Crippen LogP contribution in [0.4, 0.5) is 0 Å².